The van der Waals surface area contributed by atoms with E-state index in [1.807, 2.05) is 0 Å². The van der Waals surface area contributed by atoms with Crippen LogP contribution in [0.15, 0.2) is 12.7 Å². The monoisotopic (exact) mass is 171 g/mol. The summed E-state index contributed by atoms with van der Waals surface area (Å²) in [5.74, 6) is -0.663. The van der Waals surface area contributed by atoms with E-state index in [0.29, 0.717) is 0 Å². The maximum absolute atomic E-state index is 10.7. The zero-order valence-corrected chi connectivity index (χ0v) is 6.54. The second-order valence-corrected chi connectivity index (χ2v) is 2.20. The number of carbonyl (C=O) groups is 1. The van der Waals surface area contributed by atoms with E-state index in [0.717, 1.165) is 0 Å². The van der Waals surface area contributed by atoms with Crippen LogP contribution in [0.5, 0.6) is 0 Å². The molecular weight excluding hydrogens is 162 g/mol. The van der Waals surface area contributed by atoms with Crippen LogP contribution in [0.1, 0.15) is 0 Å². The van der Waals surface area contributed by atoms with E-state index in [9.17, 15) is 4.79 Å². The highest BCUT2D eigenvalue weighted by Gasteiger charge is 2.15. The minimum Gasteiger partial charge on any atom is -0.467 e. The van der Waals surface area contributed by atoms with Gasteiger partial charge in [0.25, 0.3) is 0 Å². The van der Waals surface area contributed by atoms with Crippen molar-refractivity contribution in [2.75, 3.05) is 7.11 Å². The Morgan fingerprint density at radius 2 is 2.25 bits per heavy atom. The van der Waals surface area contributed by atoms with Crippen LogP contribution in [-0.4, -0.2) is 39.1 Å². The maximum atomic E-state index is 10.7. The standard InChI is InChI=1S/C6H9N3O3/c1-12-6(11)5(10)2-9-3-7-8-4-9/h3-5,10H,2H2,1H3. The van der Waals surface area contributed by atoms with Crippen molar-refractivity contribution in [3.05, 3.63) is 12.7 Å². The lowest BCUT2D eigenvalue weighted by molar-refractivity contribution is -0.151. The van der Waals surface area contributed by atoms with Crippen molar-refractivity contribution in [2.24, 2.45) is 0 Å². The van der Waals surface area contributed by atoms with Crippen LogP contribution < -0.4 is 0 Å². The van der Waals surface area contributed by atoms with Crippen LogP contribution in [0, 0.1) is 0 Å². The fourth-order valence-corrected chi connectivity index (χ4v) is 0.727. The molecule has 0 aliphatic rings. The van der Waals surface area contributed by atoms with Gasteiger partial charge in [-0.15, -0.1) is 10.2 Å². The molecule has 1 unspecified atom stereocenters. The van der Waals surface area contributed by atoms with E-state index in [2.05, 4.69) is 14.9 Å². The van der Waals surface area contributed by atoms with Gasteiger partial charge < -0.3 is 14.4 Å². The van der Waals surface area contributed by atoms with Crippen molar-refractivity contribution in [1.29, 1.82) is 0 Å². The summed E-state index contributed by atoms with van der Waals surface area (Å²) in [5, 5.41) is 16.2. The number of hydrogen-bond acceptors (Lipinski definition) is 5. The molecule has 1 aromatic rings. The topological polar surface area (TPSA) is 77.2 Å². The fourth-order valence-electron chi connectivity index (χ4n) is 0.727. The summed E-state index contributed by atoms with van der Waals surface area (Å²) in [6.45, 7) is 0.111. The van der Waals surface area contributed by atoms with Gasteiger partial charge in [0, 0.05) is 0 Å². The van der Waals surface area contributed by atoms with Crippen LogP contribution in [0.4, 0.5) is 0 Å². The lowest BCUT2D eigenvalue weighted by Gasteiger charge is -2.07. The number of nitrogens with zero attached hydrogens (tertiary/aromatic N) is 3. The zero-order chi connectivity index (χ0) is 8.97. The molecule has 1 rings (SSSR count). The highest BCUT2D eigenvalue weighted by atomic mass is 16.5. The van der Waals surface area contributed by atoms with E-state index in [1.54, 1.807) is 0 Å². The number of hydrogen-bond donors (Lipinski definition) is 1. The SMILES string of the molecule is COC(=O)C(O)Cn1cnnc1. The predicted molar refractivity (Wildman–Crippen MR) is 38.0 cm³/mol. The van der Waals surface area contributed by atoms with Gasteiger partial charge in [-0.2, -0.15) is 0 Å². The number of carbonyl (C=O) groups excluding carboxylic acids is 1. The van der Waals surface area contributed by atoms with Gasteiger partial charge in [-0.1, -0.05) is 0 Å². The van der Waals surface area contributed by atoms with E-state index in [4.69, 9.17) is 5.11 Å². The van der Waals surface area contributed by atoms with E-state index < -0.39 is 12.1 Å². The lowest BCUT2D eigenvalue weighted by atomic mass is 10.3. The third-order valence-corrected chi connectivity index (χ3v) is 1.32. The van der Waals surface area contributed by atoms with Crippen LogP contribution >= 0.6 is 0 Å². The molecule has 0 aromatic carbocycles. The Balaban J connectivity index is 2.47. The maximum Gasteiger partial charge on any atom is 0.336 e. The van der Waals surface area contributed by atoms with Crippen LogP contribution in [0.2, 0.25) is 0 Å². The van der Waals surface area contributed by atoms with Gasteiger partial charge >= 0.3 is 5.97 Å². The number of methoxy groups -OCH3 is 1. The minimum atomic E-state index is -1.16. The number of aliphatic hydroxyl groups excluding tert-OH is 1. The summed E-state index contributed by atoms with van der Waals surface area (Å²) in [6, 6.07) is 0. The number of esters is 1. The van der Waals surface area contributed by atoms with Gasteiger partial charge in [0.15, 0.2) is 6.10 Å². The summed E-state index contributed by atoms with van der Waals surface area (Å²) in [7, 11) is 1.22. The molecule has 1 aromatic heterocycles. The van der Waals surface area contributed by atoms with Gasteiger partial charge in [-0.25, -0.2) is 4.79 Å². The molecule has 1 N–H and O–H groups in total. The van der Waals surface area contributed by atoms with Crippen molar-refractivity contribution in [1.82, 2.24) is 14.8 Å². The van der Waals surface area contributed by atoms with E-state index >= 15 is 0 Å². The van der Waals surface area contributed by atoms with Crippen molar-refractivity contribution < 1.29 is 14.6 Å². The fraction of sp³-hybridized carbons (Fsp3) is 0.500. The molecule has 66 valence electrons. The first-order valence-electron chi connectivity index (χ1n) is 3.32. The second kappa shape index (κ2) is 3.82. The van der Waals surface area contributed by atoms with Gasteiger partial charge in [0.05, 0.1) is 13.7 Å². The molecule has 1 heterocycles. The normalized spacial score (nSPS) is 12.5. The Labute approximate surface area is 68.8 Å². The third-order valence-electron chi connectivity index (χ3n) is 1.32. The summed E-state index contributed by atoms with van der Waals surface area (Å²) in [4.78, 5) is 10.7. The van der Waals surface area contributed by atoms with Gasteiger partial charge in [-0.05, 0) is 0 Å². The van der Waals surface area contributed by atoms with Crippen molar-refractivity contribution >= 4 is 5.97 Å². The molecule has 0 spiro atoms. The molecule has 0 saturated carbocycles. The van der Waals surface area contributed by atoms with Crippen LogP contribution in [-0.2, 0) is 16.1 Å². The first-order chi connectivity index (χ1) is 5.74. The molecule has 0 radical (unpaired) electrons. The largest absolute Gasteiger partial charge is 0.467 e. The third kappa shape index (κ3) is 2.03. The molecular formula is C6H9N3O3. The molecule has 0 amide bonds. The Bertz CT molecular complexity index is 247. The predicted octanol–water partition coefficient (Wildman–Crippen LogP) is -1.19. The quantitative estimate of drug-likeness (QED) is 0.579. The zero-order valence-electron chi connectivity index (χ0n) is 6.54. The van der Waals surface area contributed by atoms with Gasteiger partial charge in [0.1, 0.15) is 12.7 Å². The van der Waals surface area contributed by atoms with Gasteiger partial charge in [0.2, 0.25) is 0 Å². The summed E-state index contributed by atoms with van der Waals surface area (Å²) in [5.41, 5.74) is 0. The smallest absolute Gasteiger partial charge is 0.336 e. The van der Waals surface area contributed by atoms with Gasteiger partial charge in [-0.3, -0.25) is 0 Å². The molecule has 0 aliphatic carbocycles. The molecule has 0 aliphatic heterocycles. The summed E-state index contributed by atoms with van der Waals surface area (Å²) >= 11 is 0. The summed E-state index contributed by atoms with van der Waals surface area (Å²) in [6.07, 6.45) is 1.66. The Kier molecular flexibility index (Phi) is 2.76. The van der Waals surface area contributed by atoms with E-state index in [-0.39, 0.29) is 6.54 Å². The van der Waals surface area contributed by atoms with Crippen LogP contribution in [0.25, 0.3) is 0 Å². The molecule has 0 fully saturated rings. The first kappa shape index (κ1) is 8.66. The average Bonchev–Trinajstić information content (AvgIpc) is 2.55. The van der Waals surface area contributed by atoms with E-state index in [1.165, 1.54) is 24.3 Å². The Hall–Kier alpha value is -1.43. The molecule has 6 heteroatoms. The molecule has 6 nitrogen and oxygen atoms in total. The molecule has 12 heavy (non-hydrogen) atoms. The second-order valence-electron chi connectivity index (χ2n) is 2.20. The molecule has 0 saturated heterocycles. The summed E-state index contributed by atoms with van der Waals surface area (Å²) < 4.78 is 5.81. The average molecular weight is 171 g/mol. The van der Waals surface area contributed by atoms with Crippen LogP contribution in [0.3, 0.4) is 0 Å². The van der Waals surface area contributed by atoms with Crippen molar-refractivity contribution in [3.63, 3.8) is 0 Å². The Morgan fingerprint density at radius 3 is 2.75 bits per heavy atom. The lowest BCUT2D eigenvalue weighted by Crippen LogP contribution is -2.26. The number of rotatable bonds is 3. The highest BCUT2D eigenvalue weighted by molar-refractivity contribution is 5.73. The highest BCUT2D eigenvalue weighted by Crippen LogP contribution is 1.92. The first-order valence-corrected chi connectivity index (χ1v) is 3.32. The van der Waals surface area contributed by atoms with Crippen molar-refractivity contribution in [2.45, 2.75) is 12.6 Å². The molecule has 1 atom stereocenters. The van der Waals surface area contributed by atoms with Crippen molar-refractivity contribution in [3.8, 4) is 0 Å². The number of ether oxygens (including phenoxy) is 1. The molecule has 0 bridgehead atoms. The number of aromatic nitrogens is 3. The number of aliphatic hydroxyl groups is 1. The Morgan fingerprint density at radius 1 is 1.67 bits per heavy atom. The minimum absolute atomic E-state index is 0.111.